The third kappa shape index (κ3) is 5.63. The topological polar surface area (TPSA) is 33.7 Å². The fourth-order valence-corrected chi connectivity index (χ4v) is 4.54. The van der Waals surface area contributed by atoms with Gasteiger partial charge in [-0.05, 0) is 77.3 Å². The minimum absolute atomic E-state index is 0.432. The second-order valence-electron chi connectivity index (χ2n) is 7.08. The largest absolute Gasteiger partial charge is 0.493 e. The molecule has 3 rings (SSSR count). The Hall–Kier alpha value is -1.27. The molecule has 1 fully saturated rings. The van der Waals surface area contributed by atoms with Gasteiger partial charge in [-0.3, -0.25) is 4.90 Å². The van der Waals surface area contributed by atoms with Gasteiger partial charge in [0, 0.05) is 24.2 Å². The van der Waals surface area contributed by atoms with Crippen molar-refractivity contribution in [1.29, 1.82) is 0 Å². The summed E-state index contributed by atoms with van der Waals surface area (Å²) in [6.45, 7) is 6.84. The molecule has 1 N–H and O–H groups in total. The number of rotatable bonds is 9. The molecule has 0 radical (unpaired) electrons. The van der Waals surface area contributed by atoms with E-state index in [1.807, 2.05) is 30.3 Å². The fourth-order valence-electron chi connectivity index (χ4n) is 3.72. The molecule has 1 heterocycles. The number of ether oxygens (including phenoxy) is 2. The number of nitrogens with zero attached hydrogens (tertiary/aromatic N) is 1. The van der Waals surface area contributed by atoms with Crippen molar-refractivity contribution in [1.82, 2.24) is 10.2 Å². The maximum atomic E-state index is 6.05. The van der Waals surface area contributed by atoms with Gasteiger partial charge >= 0.3 is 0 Å². The van der Waals surface area contributed by atoms with E-state index >= 15 is 0 Å². The predicted octanol–water partition coefficient (Wildman–Crippen LogP) is 5.26. The van der Waals surface area contributed by atoms with Crippen molar-refractivity contribution in [2.24, 2.45) is 0 Å². The zero-order chi connectivity index (χ0) is 19.9. The van der Waals surface area contributed by atoms with Crippen LogP contribution in [0.1, 0.15) is 30.9 Å². The highest BCUT2D eigenvalue weighted by Gasteiger charge is 2.22. The molecule has 6 heteroatoms. The second kappa shape index (κ2) is 10.5. The molecule has 0 amide bonds. The number of methoxy groups -OCH3 is 1. The summed E-state index contributed by atoms with van der Waals surface area (Å²) >= 11 is 9.69. The summed E-state index contributed by atoms with van der Waals surface area (Å²) in [5.41, 5.74) is 2.18. The first-order valence-electron chi connectivity index (χ1n) is 9.79. The van der Waals surface area contributed by atoms with Crippen LogP contribution >= 0.6 is 27.5 Å². The lowest BCUT2D eigenvalue weighted by atomic mass is 10.1. The standard InChI is InChI=1S/C22H28BrClN2O2/c1-3-26-9-5-8-19(26)14-25-13-17-11-20(23)22(21(12-17)27-2)28-15-16-6-4-7-18(24)10-16/h4,6-7,10-12,19,25H,3,5,8-9,13-15H2,1-2H3. The Morgan fingerprint density at radius 3 is 2.86 bits per heavy atom. The van der Waals surface area contributed by atoms with Crippen molar-refractivity contribution in [2.75, 3.05) is 26.7 Å². The molecule has 4 nitrogen and oxygen atoms in total. The molecule has 0 saturated carbocycles. The first-order chi connectivity index (χ1) is 13.6. The van der Waals surface area contributed by atoms with Crippen LogP contribution in [0.2, 0.25) is 5.02 Å². The van der Waals surface area contributed by atoms with Gasteiger partial charge in [-0.2, -0.15) is 0 Å². The Morgan fingerprint density at radius 1 is 1.25 bits per heavy atom. The summed E-state index contributed by atoms with van der Waals surface area (Å²) in [5, 5.41) is 4.30. The van der Waals surface area contributed by atoms with Crippen LogP contribution in [-0.2, 0) is 13.2 Å². The number of nitrogens with one attached hydrogen (secondary N) is 1. The Morgan fingerprint density at radius 2 is 2.11 bits per heavy atom. The molecule has 0 bridgehead atoms. The lowest BCUT2D eigenvalue weighted by Gasteiger charge is -2.23. The SMILES string of the molecule is CCN1CCCC1CNCc1cc(Br)c(OCc2cccc(Cl)c2)c(OC)c1. The average molecular weight is 468 g/mol. The van der Waals surface area contributed by atoms with Crippen LogP contribution in [0.4, 0.5) is 0 Å². The van der Waals surface area contributed by atoms with E-state index in [0.717, 1.165) is 35.4 Å². The minimum atomic E-state index is 0.432. The van der Waals surface area contributed by atoms with E-state index in [1.165, 1.54) is 24.9 Å². The zero-order valence-corrected chi connectivity index (χ0v) is 18.9. The molecule has 152 valence electrons. The maximum Gasteiger partial charge on any atom is 0.175 e. The highest BCUT2D eigenvalue weighted by Crippen LogP contribution is 2.37. The van der Waals surface area contributed by atoms with E-state index in [1.54, 1.807) is 7.11 Å². The normalized spacial score (nSPS) is 17.1. The van der Waals surface area contributed by atoms with Crippen LogP contribution in [-0.4, -0.2) is 37.7 Å². The van der Waals surface area contributed by atoms with E-state index < -0.39 is 0 Å². The molecule has 0 spiro atoms. The third-order valence-corrected chi connectivity index (χ3v) is 6.00. The predicted molar refractivity (Wildman–Crippen MR) is 118 cm³/mol. The minimum Gasteiger partial charge on any atom is -0.493 e. The molecule has 28 heavy (non-hydrogen) atoms. The van der Waals surface area contributed by atoms with Crippen LogP contribution in [0.5, 0.6) is 11.5 Å². The highest BCUT2D eigenvalue weighted by molar-refractivity contribution is 9.10. The van der Waals surface area contributed by atoms with Crippen molar-refractivity contribution in [3.05, 3.63) is 57.0 Å². The van der Waals surface area contributed by atoms with Gasteiger partial charge in [-0.1, -0.05) is 30.7 Å². The molecule has 1 aliphatic rings. The lowest BCUT2D eigenvalue weighted by molar-refractivity contribution is 0.259. The van der Waals surface area contributed by atoms with Crippen LogP contribution in [0, 0.1) is 0 Å². The van der Waals surface area contributed by atoms with Crippen LogP contribution in [0.25, 0.3) is 0 Å². The van der Waals surface area contributed by atoms with Gasteiger partial charge in [-0.25, -0.2) is 0 Å². The Labute approximate surface area is 181 Å². The summed E-state index contributed by atoms with van der Waals surface area (Å²) in [5.74, 6) is 1.43. The van der Waals surface area contributed by atoms with E-state index in [-0.39, 0.29) is 0 Å². The van der Waals surface area contributed by atoms with Gasteiger partial charge in [0.25, 0.3) is 0 Å². The number of halogens is 2. The maximum absolute atomic E-state index is 6.05. The molecule has 1 unspecified atom stereocenters. The third-order valence-electron chi connectivity index (χ3n) is 5.18. The lowest BCUT2D eigenvalue weighted by Crippen LogP contribution is -2.37. The molecule has 1 aliphatic heterocycles. The summed E-state index contributed by atoms with van der Waals surface area (Å²) in [6.07, 6.45) is 2.59. The molecular formula is C22H28BrClN2O2. The molecule has 0 aliphatic carbocycles. The average Bonchev–Trinajstić information content (AvgIpc) is 3.14. The fraction of sp³-hybridized carbons (Fsp3) is 0.455. The Bertz CT molecular complexity index is 787. The first kappa shape index (κ1) is 21.4. The zero-order valence-electron chi connectivity index (χ0n) is 16.5. The summed E-state index contributed by atoms with van der Waals surface area (Å²) in [6, 6.07) is 12.5. The molecule has 1 atom stereocenters. The first-order valence-corrected chi connectivity index (χ1v) is 11.0. The van der Waals surface area contributed by atoms with Crippen molar-refractivity contribution < 1.29 is 9.47 Å². The smallest absolute Gasteiger partial charge is 0.175 e. The van der Waals surface area contributed by atoms with Gasteiger partial charge in [-0.15, -0.1) is 0 Å². The van der Waals surface area contributed by atoms with Gasteiger partial charge in [0.1, 0.15) is 6.61 Å². The van der Waals surface area contributed by atoms with Gasteiger partial charge in [0.2, 0.25) is 0 Å². The number of benzene rings is 2. The second-order valence-corrected chi connectivity index (χ2v) is 8.37. The number of likely N-dealkylation sites (N-methyl/N-ethyl adjacent to an activating group) is 1. The molecule has 1 saturated heterocycles. The highest BCUT2D eigenvalue weighted by atomic mass is 79.9. The van der Waals surface area contributed by atoms with Crippen molar-refractivity contribution >= 4 is 27.5 Å². The number of likely N-dealkylation sites (tertiary alicyclic amines) is 1. The Kier molecular flexibility index (Phi) is 8.03. The van der Waals surface area contributed by atoms with Crippen molar-refractivity contribution in [3.63, 3.8) is 0 Å². The van der Waals surface area contributed by atoms with Gasteiger partial charge in [0.15, 0.2) is 11.5 Å². The number of hydrogen-bond acceptors (Lipinski definition) is 4. The Balaban J connectivity index is 1.60. The van der Waals surface area contributed by atoms with Crippen LogP contribution in [0.15, 0.2) is 40.9 Å². The molecular weight excluding hydrogens is 440 g/mol. The molecule has 2 aromatic rings. The van der Waals surface area contributed by atoms with E-state index in [4.69, 9.17) is 21.1 Å². The van der Waals surface area contributed by atoms with Crippen LogP contribution < -0.4 is 14.8 Å². The van der Waals surface area contributed by atoms with E-state index in [2.05, 4.69) is 39.1 Å². The van der Waals surface area contributed by atoms with Crippen molar-refractivity contribution in [2.45, 2.75) is 39.0 Å². The van der Waals surface area contributed by atoms with E-state index in [0.29, 0.717) is 23.4 Å². The van der Waals surface area contributed by atoms with Crippen molar-refractivity contribution in [3.8, 4) is 11.5 Å². The summed E-state index contributed by atoms with van der Waals surface area (Å²) in [7, 11) is 1.67. The summed E-state index contributed by atoms with van der Waals surface area (Å²) in [4.78, 5) is 2.55. The van der Waals surface area contributed by atoms with E-state index in [9.17, 15) is 0 Å². The summed E-state index contributed by atoms with van der Waals surface area (Å²) < 4.78 is 12.5. The molecule has 2 aromatic carbocycles. The monoisotopic (exact) mass is 466 g/mol. The molecule has 0 aromatic heterocycles. The number of hydrogen-bond donors (Lipinski definition) is 1. The van der Waals surface area contributed by atoms with Gasteiger partial charge in [0.05, 0.1) is 11.6 Å². The van der Waals surface area contributed by atoms with Gasteiger partial charge < -0.3 is 14.8 Å². The quantitative estimate of drug-likeness (QED) is 0.545. The van der Waals surface area contributed by atoms with Crippen LogP contribution in [0.3, 0.4) is 0 Å².